The lowest BCUT2D eigenvalue weighted by molar-refractivity contribution is 0.332. The highest BCUT2D eigenvalue weighted by molar-refractivity contribution is 7.91. The molecule has 2 bridgehead atoms. The fraction of sp³-hybridized carbons (Fsp3) is 0.538. The second kappa shape index (κ2) is 4.88. The van der Waals surface area contributed by atoms with Crippen LogP contribution in [0.5, 0.6) is 0 Å². The number of fused-ring (bicyclic) bond motifs is 2. The van der Waals surface area contributed by atoms with E-state index in [0.717, 1.165) is 25.7 Å². The number of hydrogen-bond donors (Lipinski definition) is 1. The quantitative estimate of drug-likeness (QED) is 0.868. The molecule has 3 nitrogen and oxygen atoms in total. The van der Waals surface area contributed by atoms with Gasteiger partial charge in [-0.3, -0.25) is 0 Å². The number of sulfonamides is 1. The highest BCUT2D eigenvalue weighted by Gasteiger charge is 2.42. The molecule has 0 saturated heterocycles. The van der Waals surface area contributed by atoms with Gasteiger partial charge >= 0.3 is 0 Å². The first kappa shape index (κ1) is 13.6. The van der Waals surface area contributed by atoms with E-state index in [2.05, 4.69) is 11.3 Å². The molecule has 2 fully saturated rings. The van der Waals surface area contributed by atoms with Crippen LogP contribution >= 0.6 is 22.9 Å². The third-order valence-electron chi connectivity index (χ3n) is 4.15. The van der Waals surface area contributed by atoms with Crippen molar-refractivity contribution in [2.24, 2.45) is 11.8 Å². The summed E-state index contributed by atoms with van der Waals surface area (Å²) in [6.07, 6.45) is 4.08. The molecule has 3 rings (SSSR count). The Morgan fingerprint density at radius 3 is 2.47 bits per heavy atom. The van der Waals surface area contributed by atoms with Gasteiger partial charge in [-0.2, -0.15) is 0 Å². The summed E-state index contributed by atoms with van der Waals surface area (Å²) in [5.41, 5.74) is 1.26. The molecule has 2 aliphatic rings. The molecule has 1 aromatic rings. The molecular weight excluding hydrogens is 302 g/mol. The Labute approximate surface area is 122 Å². The van der Waals surface area contributed by atoms with Gasteiger partial charge in [-0.25, -0.2) is 13.1 Å². The maximum absolute atomic E-state index is 12.4. The molecule has 104 valence electrons. The van der Waals surface area contributed by atoms with Crippen LogP contribution in [0.4, 0.5) is 0 Å². The van der Waals surface area contributed by atoms with Crippen molar-refractivity contribution in [3.05, 3.63) is 28.6 Å². The molecule has 0 aliphatic heterocycles. The monoisotopic (exact) mass is 317 g/mol. The summed E-state index contributed by atoms with van der Waals surface area (Å²) in [4.78, 5) is 0. The Kier molecular flexibility index (Phi) is 3.50. The normalized spacial score (nSPS) is 30.8. The lowest BCUT2D eigenvalue weighted by Crippen LogP contribution is -2.43. The van der Waals surface area contributed by atoms with Crippen LogP contribution in [0.3, 0.4) is 0 Å². The van der Waals surface area contributed by atoms with Crippen molar-refractivity contribution < 1.29 is 8.42 Å². The SMILES string of the molecule is C=C1CC2CCC(C1)C2NS(=O)(=O)c1sccc1Cl. The summed E-state index contributed by atoms with van der Waals surface area (Å²) in [6, 6.07) is 1.67. The maximum Gasteiger partial charge on any atom is 0.251 e. The molecular formula is C13H16ClNO2S2. The molecule has 1 heterocycles. The zero-order valence-electron chi connectivity index (χ0n) is 10.4. The van der Waals surface area contributed by atoms with E-state index in [1.165, 1.54) is 16.9 Å². The summed E-state index contributed by atoms with van der Waals surface area (Å²) in [6.45, 7) is 4.05. The number of allylic oxidation sites excluding steroid dienone is 1. The number of hydrogen-bond acceptors (Lipinski definition) is 3. The van der Waals surface area contributed by atoms with Crippen LogP contribution in [0.2, 0.25) is 5.02 Å². The molecule has 6 heteroatoms. The van der Waals surface area contributed by atoms with Gasteiger partial charge in [0.15, 0.2) is 4.21 Å². The van der Waals surface area contributed by atoms with Gasteiger partial charge in [-0.15, -0.1) is 11.3 Å². The van der Waals surface area contributed by atoms with E-state index < -0.39 is 10.0 Å². The molecule has 0 radical (unpaired) electrons. The first-order chi connectivity index (χ1) is 8.97. The molecule has 0 aromatic carbocycles. The molecule has 0 spiro atoms. The standard InChI is InChI=1S/C13H16ClNO2S2/c1-8-6-9-2-3-10(7-8)12(9)15-19(16,17)13-11(14)4-5-18-13/h4-5,9-10,12,15H,1-3,6-7H2. The van der Waals surface area contributed by atoms with Gasteiger partial charge in [0.05, 0.1) is 5.02 Å². The molecule has 0 amide bonds. The van der Waals surface area contributed by atoms with Gasteiger partial charge in [0.2, 0.25) is 0 Å². The first-order valence-electron chi connectivity index (χ1n) is 6.39. The Hall–Kier alpha value is -0.360. The lowest BCUT2D eigenvalue weighted by atomic mass is 9.82. The second-order valence-electron chi connectivity index (χ2n) is 5.46. The van der Waals surface area contributed by atoms with Crippen molar-refractivity contribution in [3.8, 4) is 0 Å². The largest absolute Gasteiger partial charge is 0.251 e. The third kappa shape index (κ3) is 2.49. The Morgan fingerprint density at radius 1 is 1.32 bits per heavy atom. The maximum atomic E-state index is 12.4. The van der Waals surface area contributed by atoms with Crippen LogP contribution in [-0.4, -0.2) is 14.5 Å². The summed E-state index contributed by atoms with van der Waals surface area (Å²) < 4.78 is 27.9. The van der Waals surface area contributed by atoms with E-state index in [0.29, 0.717) is 16.9 Å². The average molecular weight is 318 g/mol. The van der Waals surface area contributed by atoms with E-state index in [-0.39, 0.29) is 10.3 Å². The Bertz CT molecular complexity index is 592. The smallest absolute Gasteiger partial charge is 0.207 e. The van der Waals surface area contributed by atoms with E-state index in [1.807, 2.05) is 0 Å². The summed E-state index contributed by atoms with van der Waals surface area (Å²) >= 11 is 7.10. The lowest BCUT2D eigenvalue weighted by Gasteiger charge is -2.31. The topological polar surface area (TPSA) is 46.2 Å². The third-order valence-corrected chi connectivity index (χ3v) is 7.63. The number of nitrogens with one attached hydrogen (secondary N) is 1. The molecule has 1 N–H and O–H groups in total. The van der Waals surface area contributed by atoms with Crippen LogP contribution in [0.25, 0.3) is 0 Å². The number of rotatable bonds is 3. The fourth-order valence-corrected chi connectivity index (χ4v) is 6.43. The molecule has 1 aromatic heterocycles. The number of thiophene rings is 1. The molecule has 19 heavy (non-hydrogen) atoms. The molecule has 2 unspecified atom stereocenters. The van der Waals surface area contributed by atoms with Crippen LogP contribution < -0.4 is 4.72 Å². The highest BCUT2D eigenvalue weighted by atomic mass is 35.5. The molecule has 2 saturated carbocycles. The van der Waals surface area contributed by atoms with Crippen molar-refractivity contribution in [1.82, 2.24) is 4.72 Å². The zero-order valence-corrected chi connectivity index (χ0v) is 12.8. The highest BCUT2D eigenvalue weighted by Crippen LogP contribution is 2.44. The van der Waals surface area contributed by atoms with Gasteiger partial charge in [0.25, 0.3) is 10.0 Å². The van der Waals surface area contributed by atoms with E-state index in [9.17, 15) is 8.42 Å². The summed E-state index contributed by atoms with van der Waals surface area (Å²) in [5.74, 6) is 0.805. The van der Waals surface area contributed by atoms with E-state index in [4.69, 9.17) is 11.6 Å². The van der Waals surface area contributed by atoms with Crippen LogP contribution in [-0.2, 0) is 10.0 Å². The summed E-state index contributed by atoms with van der Waals surface area (Å²) in [5, 5.41) is 2.01. The predicted octanol–water partition coefficient (Wildman–Crippen LogP) is 3.42. The fourth-order valence-electron chi connectivity index (χ4n) is 3.35. The summed E-state index contributed by atoms with van der Waals surface area (Å²) in [7, 11) is -3.48. The second-order valence-corrected chi connectivity index (χ2v) is 8.69. The van der Waals surface area contributed by atoms with Crippen LogP contribution in [0.1, 0.15) is 25.7 Å². The minimum Gasteiger partial charge on any atom is -0.207 e. The van der Waals surface area contributed by atoms with Gasteiger partial charge in [-0.05, 0) is 49.0 Å². The van der Waals surface area contributed by atoms with E-state index >= 15 is 0 Å². The van der Waals surface area contributed by atoms with Gasteiger partial charge in [0, 0.05) is 6.04 Å². The Morgan fingerprint density at radius 2 is 1.95 bits per heavy atom. The van der Waals surface area contributed by atoms with Crippen molar-refractivity contribution >= 4 is 33.0 Å². The minimum atomic E-state index is -3.48. The van der Waals surface area contributed by atoms with Crippen molar-refractivity contribution in [2.75, 3.05) is 0 Å². The van der Waals surface area contributed by atoms with Crippen molar-refractivity contribution in [2.45, 2.75) is 35.9 Å². The van der Waals surface area contributed by atoms with E-state index in [1.54, 1.807) is 11.4 Å². The molecule has 2 aliphatic carbocycles. The predicted molar refractivity (Wildman–Crippen MR) is 78.0 cm³/mol. The average Bonchev–Trinajstić information content (AvgIpc) is 2.83. The Balaban J connectivity index is 1.83. The number of halogens is 1. The zero-order chi connectivity index (χ0) is 13.6. The van der Waals surface area contributed by atoms with Gasteiger partial charge in [0.1, 0.15) is 0 Å². The van der Waals surface area contributed by atoms with Crippen LogP contribution in [0.15, 0.2) is 27.8 Å². The van der Waals surface area contributed by atoms with Gasteiger partial charge in [-0.1, -0.05) is 23.8 Å². The van der Waals surface area contributed by atoms with Gasteiger partial charge < -0.3 is 0 Å². The van der Waals surface area contributed by atoms with Crippen LogP contribution in [0, 0.1) is 11.8 Å². The minimum absolute atomic E-state index is 0.0497. The van der Waals surface area contributed by atoms with Crippen molar-refractivity contribution in [3.63, 3.8) is 0 Å². The molecule has 2 atom stereocenters. The van der Waals surface area contributed by atoms with Crippen molar-refractivity contribution in [1.29, 1.82) is 0 Å². The first-order valence-corrected chi connectivity index (χ1v) is 9.13.